The lowest BCUT2D eigenvalue weighted by molar-refractivity contribution is 0.263. The molecule has 6 nitrogen and oxygen atoms in total. The average Bonchev–Trinajstić information content (AvgIpc) is 2.82. The Morgan fingerprint density at radius 3 is 2.82 bits per heavy atom. The van der Waals surface area contributed by atoms with Crippen molar-refractivity contribution in [3.63, 3.8) is 0 Å². The van der Waals surface area contributed by atoms with E-state index >= 15 is 0 Å². The first-order valence-corrected chi connectivity index (χ1v) is 5.44. The van der Waals surface area contributed by atoms with E-state index in [-0.39, 0.29) is 6.61 Å². The predicted molar refractivity (Wildman–Crippen MR) is 60.3 cm³/mol. The third kappa shape index (κ3) is 3.25. The van der Waals surface area contributed by atoms with Gasteiger partial charge in [-0.3, -0.25) is 0 Å². The molecule has 0 fully saturated rings. The smallest absolute Gasteiger partial charge is 0.189 e. The van der Waals surface area contributed by atoms with Crippen molar-refractivity contribution >= 4 is 0 Å². The molecule has 1 aromatic carbocycles. The zero-order valence-electron chi connectivity index (χ0n) is 9.36. The molecule has 0 bridgehead atoms. The number of para-hydroxylation sites is 1. The monoisotopic (exact) mass is 234 g/mol. The molecule has 0 aliphatic heterocycles. The molecule has 2 aromatic rings. The van der Waals surface area contributed by atoms with Crippen molar-refractivity contribution in [2.45, 2.75) is 19.6 Å². The van der Waals surface area contributed by atoms with Crippen molar-refractivity contribution in [2.75, 3.05) is 6.61 Å². The van der Waals surface area contributed by atoms with E-state index in [1.807, 2.05) is 30.3 Å². The van der Waals surface area contributed by atoms with Gasteiger partial charge in [0.05, 0.1) is 0 Å². The number of aryl methyl sites for hydroxylation is 1. The summed E-state index contributed by atoms with van der Waals surface area (Å²) >= 11 is 0. The summed E-state index contributed by atoms with van der Waals surface area (Å²) in [5, 5.41) is 20.0. The number of rotatable bonds is 6. The molecule has 6 heteroatoms. The second kappa shape index (κ2) is 5.95. The van der Waals surface area contributed by atoms with Crippen LogP contribution in [0, 0.1) is 0 Å². The van der Waals surface area contributed by atoms with Crippen LogP contribution >= 0.6 is 0 Å². The van der Waals surface area contributed by atoms with Gasteiger partial charge in [-0.15, -0.1) is 5.10 Å². The van der Waals surface area contributed by atoms with E-state index in [4.69, 9.17) is 9.84 Å². The fraction of sp³-hybridized carbons (Fsp3) is 0.364. The maximum atomic E-state index is 8.75. The summed E-state index contributed by atoms with van der Waals surface area (Å²) in [5.41, 5.74) is 0. The Morgan fingerprint density at radius 2 is 2.06 bits per heavy atom. The molecule has 0 radical (unpaired) electrons. The molecule has 0 unspecified atom stereocenters. The average molecular weight is 234 g/mol. The molecule has 0 aliphatic carbocycles. The second-order valence-corrected chi connectivity index (χ2v) is 3.50. The first-order valence-electron chi connectivity index (χ1n) is 5.44. The number of aromatic nitrogens is 4. The zero-order valence-corrected chi connectivity index (χ0v) is 9.36. The van der Waals surface area contributed by atoms with Crippen molar-refractivity contribution in [3.05, 3.63) is 36.2 Å². The van der Waals surface area contributed by atoms with E-state index in [9.17, 15) is 0 Å². The lowest BCUT2D eigenvalue weighted by Gasteiger charge is -2.05. The zero-order chi connectivity index (χ0) is 11.9. The summed E-state index contributed by atoms with van der Waals surface area (Å²) in [4.78, 5) is 0. The van der Waals surface area contributed by atoms with Gasteiger partial charge >= 0.3 is 0 Å². The summed E-state index contributed by atoms with van der Waals surface area (Å²) in [6, 6.07) is 9.50. The molecule has 2 rings (SSSR count). The van der Waals surface area contributed by atoms with Gasteiger partial charge < -0.3 is 9.84 Å². The third-order valence-corrected chi connectivity index (χ3v) is 2.25. The SMILES string of the molecule is OCCCn1nnnc1COc1ccccc1. The van der Waals surface area contributed by atoms with Crippen molar-refractivity contribution in [1.29, 1.82) is 0 Å². The minimum Gasteiger partial charge on any atom is -0.486 e. The summed E-state index contributed by atoms with van der Waals surface area (Å²) in [6.07, 6.45) is 0.628. The van der Waals surface area contributed by atoms with Gasteiger partial charge in [0.2, 0.25) is 0 Å². The standard InChI is InChI=1S/C11H14N4O2/c16-8-4-7-15-11(12-13-14-15)9-17-10-5-2-1-3-6-10/h1-3,5-6,16H,4,7-9H2. The van der Waals surface area contributed by atoms with Crippen LogP contribution < -0.4 is 4.74 Å². The number of aliphatic hydroxyl groups is 1. The Kier molecular flexibility index (Phi) is 4.04. The molecule has 0 saturated heterocycles. The van der Waals surface area contributed by atoms with Crippen LogP contribution in [0.5, 0.6) is 5.75 Å². The van der Waals surface area contributed by atoms with Gasteiger partial charge in [-0.1, -0.05) is 18.2 Å². The minimum absolute atomic E-state index is 0.124. The number of hydrogen-bond donors (Lipinski definition) is 1. The molecule has 0 spiro atoms. The quantitative estimate of drug-likeness (QED) is 0.793. The lowest BCUT2D eigenvalue weighted by Crippen LogP contribution is -2.09. The van der Waals surface area contributed by atoms with Gasteiger partial charge in [-0.2, -0.15) is 0 Å². The fourth-order valence-corrected chi connectivity index (χ4v) is 1.39. The highest BCUT2D eigenvalue weighted by molar-refractivity contribution is 5.20. The Morgan fingerprint density at radius 1 is 1.24 bits per heavy atom. The lowest BCUT2D eigenvalue weighted by atomic mass is 10.3. The first kappa shape index (κ1) is 11.5. The van der Waals surface area contributed by atoms with Crippen LogP contribution in [0.3, 0.4) is 0 Å². The topological polar surface area (TPSA) is 73.1 Å². The van der Waals surface area contributed by atoms with Gasteiger partial charge in [0.15, 0.2) is 5.82 Å². The van der Waals surface area contributed by atoms with E-state index in [1.165, 1.54) is 0 Å². The highest BCUT2D eigenvalue weighted by atomic mass is 16.5. The maximum Gasteiger partial charge on any atom is 0.189 e. The Balaban J connectivity index is 1.92. The Labute approximate surface area is 98.8 Å². The summed E-state index contributed by atoms with van der Waals surface area (Å²) in [5.74, 6) is 1.44. The number of aliphatic hydroxyl groups excluding tert-OH is 1. The number of nitrogens with zero attached hydrogens (tertiary/aromatic N) is 4. The van der Waals surface area contributed by atoms with Crippen LogP contribution in [-0.2, 0) is 13.2 Å². The molecule has 1 N–H and O–H groups in total. The number of tetrazole rings is 1. The molecular formula is C11H14N4O2. The molecule has 17 heavy (non-hydrogen) atoms. The molecule has 1 aromatic heterocycles. The van der Waals surface area contributed by atoms with E-state index in [0.29, 0.717) is 25.4 Å². The van der Waals surface area contributed by atoms with Gasteiger partial charge in [0.1, 0.15) is 12.4 Å². The van der Waals surface area contributed by atoms with Gasteiger partial charge in [-0.25, -0.2) is 4.68 Å². The summed E-state index contributed by atoms with van der Waals surface area (Å²) < 4.78 is 7.18. The van der Waals surface area contributed by atoms with Crippen LogP contribution in [0.1, 0.15) is 12.2 Å². The fourth-order valence-electron chi connectivity index (χ4n) is 1.39. The first-order chi connectivity index (χ1) is 8.40. The highest BCUT2D eigenvalue weighted by Crippen LogP contribution is 2.10. The molecule has 0 aliphatic rings. The number of ether oxygens (including phenoxy) is 1. The Bertz CT molecular complexity index is 444. The van der Waals surface area contributed by atoms with Crippen LogP contribution in [0.2, 0.25) is 0 Å². The van der Waals surface area contributed by atoms with Gasteiger partial charge in [0.25, 0.3) is 0 Å². The van der Waals surface area contributed by atoms with Crippen LogP contribution in [0.25, 0.3) is 0 Å². The normalized spacial score (nSPS) is 10.4. The number of benzene rings is 1. The van der Waals surface area contributed by atoms with Crippen LogP contribution in [0.4, 0.5) is 0 Å². The molecular weight excluding hydrogens is 220 g/mol. The van der Waals surface area contributed by atoms with E-state index < -0.39 is 0 Å². The molecule has 0 saturated carbocycles. The summed E-state index contributed by atoms with van der Waals surface area (Å²) in [7, 11) is 0. The third-order valence-electron chi connectivity index (χ3n) is 2.25. The number of hydrogen-bond acceptors (Lipinski definition) is 5. The largest absolute Gasteiger partial charge is 0.486 e. The minimum atomic E-state index is 0.124. The van der Waals surface area contributed by atoms with Crippen molar-refractivity contribution in [2.24, 2.45) is 0 Å². The Hall–Kier alpha value is -1.95. The summed E-state index contributed by atoms with van der Waals surface area (Å²) in [6.45, 7) is 1.04. The van der Waals surface area contributed by atoms with Gasteiger partial charge in [-0.05, 0) is 29.0 Å². The predicted octanol–water partition coefficient (Wildman–Crippen LogP) is 0.634. The molecule has 90 valence electrons. The van der Waals surface area contributed by atoms with Gasteiger partial charge in [0, 0.05) is 13.2 Å². The van der Waals surface area contributed by atoms with E-state index in [2.05, 4.69) is 15.5 Å². The van der Waals surface area contributed by atoms with Crippen molar-refractivity contribution < 1.29 is 9.84 Å². The second-order valence-electron chi connectivity index (χ2n) is 3.50. The molecule has 1 heterocycles. The van der Waals surface area contributed by atoms with E-state index in [1.54, 1.807) is 4.68 Å². The van der Waals surface area contributed by atoms with Crippen molar-refractivity contribution in [3.8, 4) is 5.75 Å². The van der Waals surface area contributed by atoms with Crippen LogP contribution in [0.15, 0.2) is 30.3 Å². The molecule has 0 atom stereocenters. The maximum absolute atomic E-state index is 8.75. The van der Waals surface area contributed by atoms with E-state index in [0.717, 1.165) is 5.75 Å². The van der Waals surface area contributed by atoms with Crippen LogP contribution in [-0.4, -0.2) is 31.9 Å². The van der Waals surface area contributed by atoms with Crippen molar-refractivity contribution in [1.82, 2.24) is 20.2 Å². The highest BCUT2D eigenvalue weighted by Gasteiger charge is 2.06. The molecule has 0 amide bonds.